The number of carbonyl (C=O) groups excluding carboxylic acids is 1. The second-order valence-electron chi connectivity index (χ2n) is 4.71. The Balaban J connectivity index is 2.16. The molecular formula is C13H17N3O3S. The minimum absolute atomic E-state index is 0.158. The molecule has 0 spiro atoms. The number of aliphatic carboxylic acids is 1. The van der Waals surface area contributed by atoms with E-state index in [9.17, 15) is 9.59 Å². The van der Waals surface area contributed by atoms with E-state index in [1.165, 1.54) is 16.7 Å². The normalized spacial score (nSPS) is 21.9. The van der Waals surface area contributed by atoms with Crippen LogP contribution in [0.5, 0.6) is 0 Å². The number of carbonyl (C=O) groups is 2. The van der Waals surface area contributed by atoms with Gasteiger partial charge in [0.2, 0.25) is 0 Å². The van der Waals surface area contributed by atoms with E-state index in [0.717, 1.165) is 5.69 Å². The largest absolute Gasteiger partial charge is 0.480 e. The third kappa shape index (κ3) is 2.87. The van der Waals surface area contributed by atoms with Crippen molar-refractivity contribution < 1.29 is 14.7 Å². The van der Waals surface area contributed by atoms with Crippen molar-refractivity contribution in [1.29, 1.82) is 0 Å². The monoisotopic (exact) mass is 295 g/mol. The van der Waals surface area contributed by atoms with Crippen LogP contribution >= 0.6 is 11.8 Å². The fraction of sp³-hybridized carbons (Fsp3) is 0.462. The number of thioether (sulfide) groups is 1. The summed E-state index contributed by atoms with van der Waals surface area (Å²) in [7, 11) is 0. The summed E-state index contributed by atoms with van der Waals surface area (Å²) in [5, 5.41) is 11.7. The summed E-state index contributed by atoms with van der Waals surface area (Å²) in [6.07, 6.45) is 0. The number of nitrogens with one attached hydrogen (secondary N) is 1. The van der Waals surface area contributed by atoms with E-state index in [2.05, 4.69) is 10.3 Å². The molecule has 0 radical (unpaired) electrons. The van der Waals surface area contributed by atoms with Gasteiger partial charge in [-0.15, -0.1) is 11.8 Å². The fourth-order valence-corrected chi connectivity index (χ4v) is 3.31. The average Bonchev–Trinajstić information content (AvgIpc) is 2.75. The molecule has 2 unspecified atom stereocenters. The first-order valence-corrected chi connectivity index (χ1v) is 7.33. The Morgan fingerprint density at radius 2 is 2.15 bits per heavy atom. The molecule has 1 aliphatic heterocycles. The van der Waals surface area contributed by atoms with Gasteiger partial charge in [0.05, 0.1) is 16.8 Å². The second-order valence-corrected chi connectivity index (χ2v) is 6.06. The van der Waals surface area contributed by atoms with Crippen LogP contribution in [0.2, 0.25) is 0 Å². The number of urea groups is 1. The average molecular weight is 295 g/mol. The molecule has 1 fully saturated rings. The molecule has 2 amide bonds. The van der Waals surface area contributed by atoms with Gasteiger partial charge in [0, 0.05) is 11.4 Å². The minimum atomic E-state index is -0.976. The predicted molar refractivity (Wildman–Crippen MR) is 77.9 cm³/mol. The maximum absolute atomic E-state index is 12.3. The van der Waals surface area contributed by atoms with E-state index in [1.807, 2.05) is 13.8 Å². The number of anilines is 1. The van der Waals surface area contributed by atoms with E-state index >= 15 is 0 Å². The van der Waals surface area contributed by atoms with Gasteiger partial charge in [0.1, 0.15) is 6.04 Å². The molecule has 0 aromatic carbocycles. The second kappa shape index (κ2) is 5.70. The van der Waals surface area contributed by atoms with Crippen LogP contribution < -0.4 is 5.32 Å². The standard InChI is InChI=1S/C13H17N3O3S/c1-7-4-5-10(8(2)14-7)15-13(19)16-9(3)20-6-11(16)12(17)18/h4-5,9,11H,6H2,1-3H3,(H,15,19)(H,17,18). The molecule has 0 aliphatic carbocycles. The van der Waals surface area contributed by atoms with Gasteiger partial charge in [0.15, 0.2) is 0 Å². The molecule has 1 aliphatic rings. The number of hydrogen-bond acceptors (Lipinski definition) is 4. The van der Waals surface area contributed by atoms with Crippen LogP contribution in [-0.4, -0.2) is 44.2 Å². The van der Waals surface area contributed by atoms with Crippen molar-refractivity contribution >= 4 is 29.4 Å². The number of rotatable bonds is 2. The molecule has 7 heteroatoms. The number of nitrogens with zero attached hydrogens (tertiary/aromatic N) is 2. The van der Waals surface area contributed by atoms with Gasteiger partial charge in [-0.1, -0.05) is 0 Å². The molecule has 1 aromatic heterocycles. The topological polar surface area (TPSA) is 82.5 Å². The zero-order chi connectivity index (χ0) is 14.9. The van der Waals surface area contributed by atoms with E-state index < -0.39 is 18.0 Å². The lowest BCUT2D eigenvalue weighted by molar-refractivity contribution is -0.141. The van der Waals surface area contributed by atoms with Crippen molar-refractivity contribution in [2.75, 3.05) is 11.1 Å². The van der Waals surface area contributed by atoms with Crippen LogP contribution in [0.3, 0.4) is 0 Å². The number of aryl methyl sites for hydroxylation is 2. The minimum Gasteiger partial charge on any atom is -0.480 e. The lowest BCUT2D eigenvalue weighted by atomic mass is 10.2. The molecule has 2 rings (SSSR count). The van der Waals surface area contributed by atoms with Crippen molar-refractivity contribution in [3.05, 3.63) is 23.5 Å². The molecule has 1 aromatic rings. The molecular weight excluding hydrogens is 278 g/mol. The van der Waals surface area contributed by atoms with E-state index in [-0.39, 0.29) is 5.37 Å². The van der Waals surface area contributed by atoms with Crippen LogP contribution in [0.1, 0.15) is 18.3 Å². The zero-order valence-electron chi connectivity index (χ0n) is 11.6. The molecule has 2 N–H and O–H groups in total. The van der Waals surface area contributed by atoms with Gasteiger partial charge in [-0.05, 0) is 32.9 Å². The summed E-state index contributed by atoms with van der Waals surface area (Å²) >= 11 is 1.46. The lowest BCUT2D eigenvalue weighted by Crippen LogP contribution is -2.46. The van der Waals surface area contributed by atoms with Crippen LogP contribution in [0.15, 0.2) is 12.1 Å². The molecule has 0 bridgehead atoms. The van der Waals surface area contributed by atoms with Crippen molar-refractivity contribution in [2.45, 2.75) is 32.2 Å². The summed E-state index contributed by atoms with van der Waals surface area (Å²) in [4.78, 5) is 29.1. The molecule has 2 atom stereocenters. The Kier molecular flexibility index (Phi) is 4.17. The van der Waals surface area contributed by atoms with Crippen molar-refractivity contribution in [3.8, 4) is 0 Å². The van der Waals surface area contributed by atoms with Crippen LogP contribution in [0.25, 0.3) is 0 Å². The third-order valence-corrected chi connectivity index (χ3v) is 4.43. The Bertz CT molecular complexity index is 550. The third-order valence-electron chi connectivity index (χ3n) is 3.21. The van der Waals surface area contributed by atoms with Crippen molar-refractivity contribution in [3.63, 3.8) is 0 Å². The first kappa shape index (κ1) is 14.6. The fourth-order valence-electron chi connectivity index (χ4n) is 2.14. The van der Waals surface area contributed by atoms with E-state index in [4.69, 9.17) is 5.11 Å². The molecule has 2 heterocycles. The Morgan fingerprint density at radius 3 is 2.75 bits per heavy atom. The van der Waals surface area contributed by atoms with Crippen LogP contribution in [0.4, 0.5) is 10.5 Å². The van der Waals surface area contributed by atoms with Crippen molar-refractivity contribution in [1.82, 2.24) is 9.88 Å². The van der Waals surface area contributed by atoms with Gasteiger partial charge >= 0.3 is 12.0 Å². The van der Waals surface area contributed by atoms with Gasteiger partial charge in [-0.2, -0.15) is 0 Å². The summed E-state index contributed by atoms with van der Waals surface area (Å²) < 4.78 is 0. The van der Waals surface area contributed by atoms with Gasteiger partial charge < -0.3 is 10.4 Å². The molecule has 20 heavy (non-hydrogen) atoms. The Labute approximate surface area is 121 Å². The highest BCUT2D eigenvalue weighted by Crippen LogP contribution is 2.29. The molecule has 108 valence electrons. The number of aromatic nitrogens is 1. The highest BCUT2D eigenvalue weighted by molar-refractivity contribution is 8.00. The number of carboxylic acid groups (broad SMARTS) is 1. The summed E-state index contributed by atoms with van der Waals surface area (Å²) in [5.74, 6) is -0.564. The lowest BCUT2D eigenvalue weighted by Gasteiger charge is -2.25. The highest BCUT2D eigenvalue weighted by Gasteiger charge is 2.39. The first-order chi connectivity index (χ1) is 9.40. The predicted octanol–water partition coefficient (Wildman–Crippen LogP) is 2.08. The van der Waals surface area contributed by atoms with Gasteiger partial charge in [-0.25, -0.2) is 9.59 Å². The number of hydrogen-bond donors (Lipinski definition) is 2. The van der Waals surface area contributed by atoms with E-state index in [1.54, 1.807) is 19.1 Å². The molecule has 0 saturated carbocycles. The number of pyridine rings is 1. The summed E-state index contributed by atoms with van der Waals surface area (Å²) in [6, 6.07) is 2.40. The summed E-state index contributed by atoms with van der Waals surface area (Å²) in [5.41, 5.74) is 2.19. The first-order valence-electron chi connectivity index (χ1n) is 6.28. The quantitative estimate of drug-likeness (QED) is 0.873. The summed E-state index contributed by atoms with van der Waals surface area (Å²) in [6.45, 7) is 5.51. The smallest absolute Gasteiger partial charge is 0.327 e. The Morgan fingerprint density at radius 1 is 1.45 bits per heavy atom. The number of amides is 2. The highest BCUT2D eigenvalue weighted by atomic mass is 32.2. The van der Waals surface area contributed by atoms with Gasteiger partial charge in [-0.3, -0.25) is 9.88 Å². The van der Waals surface area contributed by atoms with Crippen LogP contribution in [0, 0.1) is 13.8 Å². The Hall–Kier alpha value is -1.76. The number of carboxylic acids is 1. The van der Waals surface area contributed by atoms with Crippen molar-refractivity contribution in [2.24, 2.45) is 0 Å². The maximum Gasteiger partial charge on any atom is 0.327 e. The SMILES string of the molecule is Cc1ccc(NC(=O)N2C(C)SCC2C(=O)O)c(C)n1. The van der Waals surface area contributed by atoms with Gasteiger partial charge in [0.25, 0.3) is 0 Å². The molecule has 1 saturated heterocycles. The van der Waals surface area contributed by atoms with Crippen LogP contribution in [-0.2, 0) is 4.79 Å². The zero-order valence-corrected chi connectivity index (χ0v) is 12.4. The molecule has 6 nitrogen and oxygen atoms in total. The van der Waals surface area contributed by atoms with E-state index in [0.29, 0.717) is 17.1 Å². The maximum atomic E-state index is 12.3.